The van der Waals surface area contributed by atoms with Crippen LogP contribution in [0, 0.1) is 0 Å². The Balaban J connectivity index is 1.36. The van der Waals surface area contributed by atoms with Gasteiger partial charge in [0.1, 0.15) is 6.54 Å². The van der Waals surface area contributed by atoms with Crippen molar-refractivity contribution in [2.24, 2.45) is 14.1 Å². The predicted molar refractivity (Wildman–Crippen MR) is 118 cm³/mol. The molecule has 0 radical (unpaired) electrons. The van der Waals surface area contributed by atoms with Crippen LogP contribution in [0.5, 0.6) is 0 Å². The molecule has 3 aromatic heterocycles. The van der Waals surface area contributed by atoms with Gasteiger partial charge in [-0.25, -0.2) is 14.8 Å². The number of hydrogen-bond acceptors (Lipinski definition) is 6. The summed E-state index contributed by atoms with van der Waals surface area (Å²) in [7, 11) is 2.94. The van der Waals surface area contributed by atoms with Crippen molar-refractivity contribution in [2.75, 3.05) is 5.32 Å². The molecule has 4 aromatic rings. The summed E-state index contributed by atoms with van der Waals surface area (Å²) < 4.78 is 3.73. The molecule has 0 atom stereocenters. The van der Waals surface area contributed by atoms with Crippen LogP contribution in [-0.4, -0.2) is 29.6 Å². The molecule has 1 aliphatic carbocycles. The van der Waals surface area contributed by atoms with E-state index in [1.807, 2.05) is 5.38 Å². The Morgan fingerprint density at radius 1 is 1.16 bits per heavy atom. The first-order valence-corrected chi connectivity index (χ1v) is 10.8. The number of imidazole rings is 1. The number of thiazole rings is 1. The molecule has 0 fully saturated rings. The third kappa shape index (κ3) is 3.28. The summed E-state index contributed by atoms with van der Waals surface area (Å²) >= 11 is 1.35. The molecular weight excluding hydrogens is 416 g/mol. The second-order valence-electron chi connectivity index (χ2n) is 7.67. The third-order valence-corrected chi connectivity index (χ3v) is 6.43. The van der Waals surface area contributed by atoms with E-state index in [0.717, 1.165) is 28.7 Å². The Hall–Kier alpha value is -3.53. The van der Waals surface area contributed by atoms with Crippen molar-refractivity contribution in [1.29, 1.82) is 0 Å². The number of hydrogen-bond donors (Lipinski definition) is 1. The Bertz CT molecular complexity index is 1460. The minimum Gasteiger partial charge on any atom is -0.315 e. The van der Waals surface area contributed by atoms with E-state index in [9.17, 15) is 14.4 Å². The van der Waals surface area contributed by atoms with Crippen molar-refractivity contribution in [2.45, 2.75) is 25.8 Å². The van der Waals surface area contributed by atoms with Crippen LogP contribution in [0.15, 0.2) is 39.5 Å². The maximum absolute atomic E-state index is 12.6. The lowest BCUT2D eigenvalue weighted by Gasteiger charge is -2.06. The first-order chi connectivity index (χ1) is 14.9. The second kappa shape index (κ2) is 7.31. The van der Waals surface area contributed by atoms with E-state index < -0.39 is 11.2 Å². The third-order valence-electron chi connectivity index (χ3n) is 5.68. The van der Waals surface area contributed by atoms with Gasteiger partial charge < -0.3 is 9.88 Å². The number of amides is 1. The summed E-state index contributed by atoms with van der Waals surface area (Å²) in [6, 6.07) is 6.41. The van der Waals surface area contributed by atoms with Crippen molar-refractivity contribution in [3.8, 4) is 11.3 Å². The lowest BCUT2D eigenvalue weighted by Crippen LogP contribution is -2.37. The zero-order valence-corrected chi connectivity index (χ0v) is 17.9. The molecule has 1 aromatic carbocycles. The molecule has 0 spiro atoms. The van der Waals surface area contributed by atoms with Crippen LogP contribution in [0.4, 0.5) is 5.13 Å². The highest BCUT2D eigenvalue weighted by Gasteiger charge is 2.17. The first-order valence-electron chi connectivity index (χ1n) is 9.91. The summed E-state index contributed by atoms with van der Waals surface area (Å²) in [4.78, 5) is 45.8. The zero-order valence-electron chi connectivity index (χ0n) is 17.1. The van der Waals surface area contributed by atoms with Crippen LogP contribution in [0.2, 0.25) is 0 Å². The minimum absolute atomic E-state index is 0.113. The van der Waals surface area contributed by atoms with Gasteiger partial charge in [0.25, 0.3) is 5.56 Å². The van der Waals surface area contributed by atoms with Gasteiger partial charge in [0.2, 0.25) is 5.91 Å². The summed E-state index contributed by atoms with van der Waals surface area (Å²) in [6.45, 7) is -0.113. The van der Waals surface area contributed by atoms with E-state index in [2.05, 4.69) is 33.5 Å². The van der Waals surface area contributed by atoms with Crippen molar-refractivity contribution >= 4 is 33.5 Å². The zero-order chi connectivity index (χ0) is 21.7. The Morgan fingerprint density at radius 3 is 2.81 bits per heavy atom. The van der Waals surface area contributed by atoms with Gasteiger partial charge in [-0.2, -0.15) is 0 Å². The number of aryl methyl sites for hydroxylation is 3. The molecule has 3 heterocycles. The van der Waals surface area contributed by atoms with E-state index in [4.69, 9.17) is 0 Å². The summed E-state index contributed by atoms with van der Waals surface area (Å²) in [5.74, 6) is -0.329. The average molecular weight is 436 g/mol. The maximum atomic E-state index is 12.6. The lowest BCUT2D eigenvalue weighted by atomic mass is 10.1. The molecular formula is C21H20N6O3S. The van der Waals surface area contributed by atoms with Gasteiger partial charge >= 0.3 is 5.69 Å². The Kier molecular flexibility index (Phi) is 4.58. The maximum Gasteiger partial charge on any atom is 0.332 e. The molecule has 31 heavy (non-hydrogen) atoms. The van der Waals surface area contributed by atoms with E-state index in [0.29, 0.717) is 5.13 Å². The van der Waals surface area contributed by atoms with Gasteiger partial charge in [0, 0.05) is 25.0 Å². The summed E-state index contributed by atoms with van der Waals surface area (Å²) in [6.07, 6.45) is 4.81. The van der Waals surface area contributed by atoms with Crippen LogP contribution in [0.3, 0.4) is 0 Å². The van der Waals surface area contributed by atoms with Crippen LogP contribution in [-0.2, 0) is 38.3 Å². The second-order valence-corrected chi connectivity index (χ2v) is 8.53. The molecule has 5 rings (SSSR count). The van der Waals surface area contributed by atoms with Crippen LogP contribution in [0.25, 0.3) is 22.4 Å². The van der Waals surface area contributed by atoms with Crippen molar-refractivity contribution in [3.63, 3.8) is 0 Å². The molecule has 158 valence electrons. The number of nitrogens with one attached hydrogen (secondary N) is 1. The van der Waals surface area contributed by atoms with E-state index in [1.54, 1.807) is 0 Å². The molecule has 1 aliphatic rings. The molecule has 9 nitrogen and oxygen atoms in total. The molecule has 10 heteroatoms. The number of carbonyl (C=O) groups excluding carboxylic acids is 1. The Morgan fingerprint density at radius 2 is 1.97 bits per heavy atom. The molecule has 0 aliphatic heterocycles. The summed E-state index contributed by atoms with van der Waals surface area (Å²) in [5, 5.41) is 5.20. The molecule has 0 unspecified atom stereocenters. The fraction of sp³-hybridized carbons (Fsp3) is 0.286. The van der Waals surface area contributed by atoms with E-state index in [1.165, 1.54) is 58.4 Å². The minimum atomic E-state index is -0.489. The number of fused-ring (bicyclic) bond motifs is 2. The van der Waals surface area contributed by atoms with Crippen molar-refractivity contribution in [3.05, 3.63) is 61.9 Å². The highest BCUT2D eigenvalue weighted by molar-refractivity contribution is 7.14. The van der Waals surface area contributed by atoms with Gasteiger partial charge in [-0.05, 0) is 36.5 Å². The molecule has 0 saturated heterocycles. The summed E-state index contributed by atoms with van der Waals surface area (Å²) in [5.41, 5.74) is 4.15. The van der Waals surface area contributed by atoms with E-state index >= 15 is 0 Å². The molecule has 0 saturated carbocycles. The number of benzene rings is 1. The van der Waals surface area contributed by atoms with Gasteiger partial charge in [0.15, 0.2) is 16.3 Å². The average Bonchev–Trinajstić information content (AvgIpc) is 3.49. The lowest BCUT2D eigenvalue weighted by molar-refractivity contribution is -0.116. The molecule has 1 amide bonds. The standard InChI is InChI=1S/C21H20N6O3S/c1-25-18-17(19(29)26(2)21(25)30)27(11-22-18)9-16(28)24-20-23-15(10-31-20)14-7-6-12-4-3-5-13(12)8-14/h6-8,10-11H,3-5,9H2,1-2H3,(H,23,24,28). The van der Waals surface area contributed by atoms with Crippen molar-refractivity contribution in [1.82, 2.24) is 23.7 Å². The predicted octanol–water partition coefficient (Wildman–Crippen LogP) is 1.68. The normalized spacial score (nSPS) is 13.0. The van der Waals surface area contributed by atoms with Gasteiger partial charge in [-0.15, -0.1) is 11.3 Å². The highest BCUT2D eigenvalue weighted by atomic mass is 32.1. The van der Waals surface area contributed by atoms with Crippen LogP contribution >= 0.6 is 11.3 Å². The number of carbonyl (C=O) groups is 1. The quantitative estimate of drug-likeness (QED) is 0.524. The van der Waals surface area contributed by atoms with Crippen LogP contribution < -0.4 is 16.6 Å². The van der Waals surface area contributed by atoms with Crippen LogP contribution in [0.1, 0.15) is 17.5 Å². The fourth-order valence-electron chi connectivity index (χ4n) is 4.03. The monoisotopic (exact) mass is 436 g/mol. The number of aromatic nitrogens is 5. The first kappa shape index (κ1) is 19.4. The smallest absolute Gasteiger partial charge is 0.315 e. The van der Waals surface area contributed by atoms with Gasteiger partial charge in [-0.3, -0.25) is 18.7 Å². The number of anilines is 1. The SMILES string of the molecule is Cn1c(=O)c2c(ncn2CC(=O)Nc2nc(-c3ccc4c(c3)CCC4)cs2)n(C)c1=O. The highest BCUT2D eigenvalue weighted by Crippen LogP contribution is 2.30. The fourth-order valence-corrected chi connectivity index (χ4v) is 4.76. The largest absolute Gasteiger partial charge is 0.332 e. The number of rotatable bonds is 4. The van der Waals surface area contributed by atoms with E-state index in [-0.39, 0.29) is 23.6 Å². The molecule has 0 bridgehead atoms. The number of nitrogens with zero attached hydrogens (tertiary/aromatic N) is 5. The van der Waals surface area contributed by atoms with Crippen molar-refractivity contribution < 1.29 is 4.79 Å². The Labute approximate surface area is 180 Å². The van der Waals surface area contributed by atoms with Gasteiger partial charge in [-0.1, -0.05) is 12.1 Å². The topological polar surface area (TPSA) is 104 Å². The van der Waals surface area contributed by atoms with Gasteiger partial charge in [0.05, 0.1) is 12.0 Å². The molecule has 1 N–H and O–H groups in total.